The van der Waals surface area contributed by atoms with Crippen LogP contribution in [0.4, 0.5) is 0 Å². The van der Waals surface area contributed by atoms with Gasteiger partial charge in [-0.3, -0.25) is 0 Å². The number of fused-ring (bicyclic) bond motifs is 1. The van der Waals surface area contributed by atoms with Crippen LogP contribution in [0, 0.1) is 13.8 Å². The molecular weight excluding hydrogens is 188 g/mol. The summed E-state index contributed by atoms with van der Waals surface area (Å²) in [7, 11) is 0. The van der Waals surface area contributed by atoms with Gasteiger partial charge in [0.15, 0.2) is 0 Å². The van der Waals surface area contributed by atoms with E-state index in [1.807, 2.05) is 23.5 Å². The van der Waals surface area contributed by atoms with Crippen molar-refractivity contribution in [2.75, 3.05) is 0 Å². The van der Waals surface area contributed by atoms with Gasteiger partial charge in [0.05, 0.1) is 0 Å². The van der Waals surface area contributed by atoms with E-state index in [1.54, 1.807) is 0 Å². The van der Waals surface area contributed by atoms with Crippen LogP contribution in [0.15, 0.2) is 18.2 Å². The summed E-state index contributed by atoms with van der Waals surface area (Å²) in [5.41, 5.74) is 1.27. The molecule has 0 nitrogen and oxygen atoms in total. The van der Waals surface area contributed by atoms with Gasteiger partial charge in [-0.15, -0.1) is 11.3 Å². The molecule has 2 aromatic rings. The largest absolute Gasteiger partial charge is 0.140 e. The molecule has 0 aliphatic heterocycles. The van der Waals surface area contributed by atoms with Crippen molar-refractivity contribution in [3.05, 3.63) is 33.7 Å². The molecule has 0 saturated carbocycles. The molecule has 1 aromatic heterocycles. The Morgan fingerprint density at radius 3 is 2.67 bits per heavy atom. The van der Waals surface area contributed by atoms with Crippen molar-refractivity contribution in [3.8, 4) is 0 Å². The summed E-state index contributed by atoms with van der Waals surface area (Å²) in [6.45, 7) is 4.22. The Kier molecular flexibility index (Phi) is 1.85. The third kappa shape index (κ3) is 1.23. The van der Waals surface area contributed by atoms with Gasteiger partial charge in [0.2, 0.25) is 0 Å². The molecule has 0 fully saturated rings. The zero-order valence-corrected chi connectivity index (χ0v) is 8.59. The van der Waals surface area contributed by atoms with Crippen molar-refractivity contribution >= 4 is 33.0 Å². The minimum Gasteiger partial charge on any atom is -0.140 e. The summed E-state index contributed by atoms with van der Waals surface area (Å²) in [6.07, 6.45) is 0. The minimum atomic E-state index is 0.831. The first-order valence-electron chi connectivity index (χ1n) is 3.83. The van der Waals surface area contributed by atoms with Crippen molar-refractivity contribution in [1.82, 2.24) is 0 Å². The summed E-state index contributed by atoms with van der Waals surface area (Å²) in [4.78, 5) is 1.34. The lowest BCUT2D eigenvalue weighted by atomic mass is 10.2. The summed E-state index contributed by atoms with van der Waals surface area (Å²) in [5, 5.41) is 2.10. The second-order valence-electron chi connectivity index (χ2n) is 3.00. The summed E-state index contributed by atoms with van der Waals surface area (Å²) < 4.78 is 1.36. The quantitative estimate of drug-likeness (QED) is 0.593. The van der Waals surface area contributed by atoms with E-state index in [-0.39, 0.29) is 0 Å². The molecule has 1 heterocycles. The molecule has 0 aliphatic rings. The number of hydrogen-bond donors (Lipinski definition) is 0. The fourth-order valence-corrected chi connectivity index (χ4v) is 2.66. The molecule has 0 bridgehead atoms. The Balaban J connectivity index is 2.88. The van der Waals surface area contributed by atoms with Gasteiger partial charge in [-0.25, -0.2) is 0 Å². The van der Waals surface area contributed by atoms with E-state index >= 15 is 0 Å². The maximum atomic E-state index is 5.94. The molecule has 0 N–H and O–H groups in total. The van der Waals surface area contributed by atoms with E-state index < -0.39 is 0 Å². The van der Waals surface area contributed by atoms with Crippen molar-refractivity contribution in [2.45, 2.75) is 13.8 Å². The molecule has 0 spiro atoms. The highest BCUT2D eigenvalue weighted by Gasteiger charge is 2.02. The van der Waals surface area contributed by atoms with Crippen LogP contribution in [0.1, 0.15) is 10.4 Å². The molecular formula is C10H9ClS. The first kappa shape index (κ1) is 8.09. The van der Waals surface area contributed by atoms with Gasteiger partial charge in [0, 0.05) is 14.6 Å². The number of halogens is 1. The standard InChI is InChI=1S/C10H9ClS/c1-6-3-9(11)5-8-4-7(2)12-10(6)8/h3-5H,1-2H3. The van der Waals surface area contributed by atoms with Crippen molar-refractivity contribution in [1.29, 1.82) is 0 Å². The van der Waals surface area contributed by atoms with E-state index in [0.717, 1.165) is 5.02 Å². The maximum absolute atomic E-state index is 5.94. The van der Waals surface area contributed by atoms with Crippen LogP contribution in [0.25, 0.3) is 10.1 Å². The van der Waals surface area contributed by atoms with Gasteiger partial charge in [-0.05, 0) is 43.0 Å². The van der Waals surface area contributed by atoms with Crippen LogP contribution in [-0.4, -0.2) is 0 Å². The lowest BCUT2D eigenvalue weighted by molar-refractivity contribution is 1.56. The predicted molar refractivity (Wildman–Crippen MR) is 56.3 cm³/mol. The highest BCUT2D eigenvalue weighted by Crippen LogP contribution is 2.30. The molecule has 0 amide bonds. The minimum absolute atomic E-state index is 0.831. The maximum Gasteiger partial charge on any atom is 0.0415 e. The third-order valence-corrected chi connectivity index (χ3v) is 3.31. The SMILES string of the molecule is Cc1cc2cc(Cl)cc(C)c2s1. The second-order valence-corrected chi connectivity index (χ2v) is 4.69. The fraction of sp³-hybridized carbons (Fsp3) is 0.200. The van der Waals surface area contributed by atoms with E-state index in [4.69, 9.17) is 11.6 Å². The number of benzene rings is 1. The van der Waals surface area contributed by atoms with Crippen LogP contribution in [-0.2, 0) is 0 Å². The molecule has 0 radical (unpaired) electrons. The lowest BCUT2D eigenvalue weighted by Gasteiger charge is -1.95. The van der Waals surface area contributed by atoms with Crippen molar-refractivity contribution < 1.29 is 0 Å². The zero-order valence-electron chi connectivity index (χ0n) is 7.02. The first-order valence-corrected chi connectivity index (χ1v) is 5.02. The predicted octanol–water partition coefficient (Wildman–Crippen LogP) is 4.17. The van der Waals surface area contributed by atoms with Gasteiger partial charge in [-0.1, -0.05) is 11.6 Å². The van der Waals surface area contributed by atoms with Crippen LogP contribution >= 0.6 is 22.9 Å². The van der Waals surface area contributed by atoms with E-state index in [2.05, 4.69) is 19.9 Å². The van der Waals surface area contributed by atoms with E-state index in [0.29, 0.717) is 0 Å². The molecule has 62 valence electrons. The highest BCUT2D eigenvalue weighted by atomic mass is 35.5. The molecule has 2 rings (SSSR count). The van der Waals surface area contributed by atoms with Gasteiger partial charge >= 0.3 is 0 Å². The van der Waals surface area contributed by atoms with Gasteiger partial charge in [-0.2, -0.15) is 0 Å². The molecule has 0 atom stereocenters. The monoisotopic (exact) mass is 196 g/mol. The van der Waals surface area contributed by atoms with Crippen molar-refractivity contribution in [2.24, 2.45) is 0 Å². The Morgan fingerprint density at radius 1 is 1.17 bits per heavy atom. The Bertz CT molecular complexity index is 429. The second kappa shape index (κ2) is 2.75. The summed E-state index contributed by atoms with van der Waals surface area (Å²) in [6, 6.07) is 6.21. The average molecular weight is 197 g/mol. The van der Waals surface area contributed by atoms with Crippen LogP contribution in [0.2, 0.25) is 5.02 Å². The Hall–Kier alpha value is -0.530. The van der Waals surface area contributed by atoms with Crippen LogP contribution in [0.3, 0.4) is 0 Å². The van der Waals surface area contributed by atoms with Crippen LogP contribution < -0.4 is 0 Å². The lowest BCUT2D eigenvalue weighted by Crippen LogP contribution is -1.71. The molecule has 2 heteroatoms. The van der Waals surface area contributed by atoms with E-state index in [9.17, 15) is 0 Å². The van der Waals surface area contributed by atoms with Crippen LogP contribution in [0.5, 0.6) is 0 Å². The average Bonchev–Trinajstić information content (AvgIpc) is 2.29. The normalized spacial score (nSPS) is 10.9. The number of aryl methyl sites for hydroxylation is 2. The smallest absolute Gasteiger partial charge is 0.0415 e. The van der Waals surface area contributed by atoms with E-state index in [1.165, 1.54) is 20.5 Å². The van der Waals surface area contributed by atoms with Crippen molar-refractivity contribution in [3.63, 3.8) is 0 Å². The summed E-state index contributed by atoms with van der Waals surface area (Å²) >= 11 is 7.77. The number of rotatable bonds is 0. The molecule has 0 aliphatic carbocycles. The fourth-order valence-electron chi connectivity index (χ4n) is 1.41. The Labute approximate surface area is 80.8 Å². The topological polar surface area (TPSA) is 0 Å². The third-order valence-electron chi connectivity index (χ3n) is 1.89. The first-order chi connectivity index (χ1) is 5.66. The van der Waals surface area contributed by atoms with Gasteiger partial charge < -0.3 is 0 Å². The molecule has 0 unspecified atom stereocenters. The number of thiophene rings is 1. The molecule has 1 aromatic carbocycles. The highest BCUT2D eigenvalue weighted by molar-refractivity contribution is 7.19. The Morgan fingerprint density at radius 2 is 1.92 bits per heavy atom. The van der Waals surface area contributed by atoms with Gasteiger partial charge in [0.25, 0.3) is 0 Å². The molecule has 12 heavy (non-hydrogen) atoms. The summed E-state index contributed by atoms with van der Waals surface area (Å²) in [5.74, 6) is 0. The zero-order chi connectivity index (χ0) is 8.72. The molecule has 0 saturated heterocycles. The van der Waals surface area contributed by atoms with Gasteiger partial charge in [0.1, 0.15) is 0 Å². The number of hydrogen-bond acceptors (Lipinski definition) is 1.